The summed E-state index contributed by atoms with van der Waals surface area (Å²) >= 11 is 0. The Hall–Kier alpha value is -2.50. The minimum atomic E-state index is -0.473. The van der Waals surface area contributed by atoms with Gasteiger partial charge in [-0.25, -0.2) is 0 Å². The van der Waals surface area contributed by atoms with Gasteiger partial charge in [-0.05, 0) is 24.6 Å². The van der Waals surface area contributed by atoms with Gasteiger partial charge in [0, 0.05) is 23.4 Å². The molecule has 0 aliphatic heterocycles. The average molecular weight is 230 g/mol. The number of non-ortho nitro benzene ring substituents is 1. The molecule has 1 radical (unpaired) electrons. The van der Waals surface area contributed by atoms with Crippen LogP contribution in [0.4, 0.5) is 5.69 Å². The van der Waals surface area contributed by atoms with Gasteiger partial charge < -0.3 is 0 Å². The van der Waals surface area contributed by atoms with Crippen molar-refractivity contribution in [2.24, 2.45) is 0 Å². The Morgan fingerprint density at radius 2 is 2.00 bits per heavy atom. The summed E-state index contributed by atoms with van der Waals surface area (Å²) in [6.45, 7) is 1.77. The van der Waals surface area contributed by atoms with E-state index in [1.54, 1.807) is 25.3 Å². The molecule has 1 aromatic heterocycles. The van der Waals surface area contributed by atoms with Crippen molar-refractivity contribution >= 4 is 12.0 Å². The van der Waals surface area contributed by atoms with Crippen LogP contribution in [-0.2, 0) is 4.79 Å². The van der Waals surface area contributed by atoms with E-state index in [0.29, 0.717) is 11.1 Å². The molecule has 0 unspecified atom stereocenters. The highest BCUT2D eigenvalue weighted by Gasteiger charge is 2.13. The fourth-order valence-corrected chi connectivity index (χ4v) is 1.61. The fourth-order valence-electron chi connectivity index (χ4n) is 1.61. The van der Waals surface area contributed by atoms with Crippen molar-refractivity contribution in [1.29, 1.82) is 0 Å². The van der Waals surface area contributed by atoms with Crippen molar-refractivity contribution in [1.82, 2.24) is 10.2 Å². The van der Waals surface area contributed by atoms with Crippen LogP contribution in [0.2, 0.25) is 0 Å². The molecule has 6 nitrogen and oxygen atoms in total. The van der Waals surface area contributed by atoms with Crippen molar-refractivity contribution < 1.29 is 9.72 Å². The predicted molar refractivity (Wildman–Crippen MR) is 60.2 cm³/mol. The van der Waals surface area contributed by atoms with Gasteiger partial charge in [-0.3, -0.25) is 20.0 Å². The van der Waals surface area contributed by atoms with Gasteiger partial charge in [0.1, 0.15) is 5.69 Å². The normalized spacial score (nSPS) is 10.2. The summed E-state index contributed by atoms with van der Waals surface area (Å²) in [5, 5.41) is 17.0. The van der Waals surface area contributed by atoms with E-state index in [1.165, 1.54) is 12.1 Å². The first-order chi connectivity index (χ1) is 8.13. The Bertz CT molecular complexity index is 572. The number of benzene rings is 1. The lowest BCUT2D eigenvalue weighted by Gasteiger charge is -2.00. The van der Waals surface area contributed by atoms with Crippen LogP contribution in [0.15, 0.2) is 24.3 Å². The number of H-pyrrole nitrogens is 1. The lowest BCUT2D eigenvalue weighted by Crippen LogP contribution is -1.89. The van der Waals surface area contributed by atoms with Gasteiger partial charge in [-0.2, -0.15) is 5.10 Å². The summed E-state index contributed by atoms with van der Waals surface area (Å²) in [6.07, 6.45) is 1.73. The standard InChI is InChI=1S/C11H8N3O3/c1-7-11(10(6-15)13-12-7)8-2-4-9(5-3-8)14(16)17/h2-5H,1H3,(H,12,13). The molecule has 1 heterocycles. The zero-order valence-corrected chi connectivity index (χ0v) is 8.93. The van der Waals surface area contributed by atoms with Gasteiger partial charge in [-0.15, -0.1) is 0 Å². The highest BCUT2D eigenvalue weighted by atomic mass is 16.6. The second-order valence-electron chi connectivity index (χ2n) is 3.48. The number of rotatable bonds is 3. The number of aromatic amines is 1. The lowest BCUT2D eigenvalue weighted by atomic mass is 10.0. The molecular weight excluding hydrogens is 222 g/mol. The molecule has 0 amide bonds. The summed E-state index contributed by atoms with van der Waals surface area (Å²) in [5.41, 5.74) is 2.22. The Labute approximate surface area is 96.4 Å². The number of hydrogen-bond acceptors (Lipinski definition) is 4. The van der Waals surface area contributed by atoms with Gasteiger partial charge in [0.15, 0.2) is 0 Å². The molecule has 0 aliphatic rings. The van der Waals surface area contributed by atoms with E-state index in [-0.39, 0.29) is 11.4 Å². The molecule has 0 aliphatic carbocycles. The lowest BCUT2D eigenvalue weighted by molar-refractivity contribution is -0.384. The van der Waals surface area contributed by atoms with Gasteiger partial charge >= 0.3 is 0 Å². The number of hydrogen-bond donors (Lipinski definition) is 1. The van der Waals surface area contributed by atoms with Crippen molar-refractivity contribution in [2.45, 2.75) is 6.92 Å². The molecule has 6 heteroatoms. The number of nitro benzene ring substituents is 1. The maximum Gasteiger partial charge on any atom is 0.269 e. The van der Waals surface area contributed by atoms with Crippen molar-refractivity contribution in [2.75, 3.05) is 0 Å². The molecular formula is C11H8N3O3. The second-order valence-corrected chi connectivity index (χ2v) is 3.48. The van der Waals surface area contributed by atoms with Gasteiger partial charge in [-0.1, -0.05) is 0 Å². The van der Waals surface area contributed by atoms with E-state index in [0.717, 1.165) is 5.69 Å². The zero-order valence-electron chi connectivity index (χ0n) is 8.93. The molecule has 85 valence electrons. The number of nitrogens with zero attached hydrogens (tertiary/aromatic N) is 2. The van der Waals surface area contributed by atoms with Gasteiger partial charge in [0.2, 0.25) is 0 Å². The van der Waals surface area contributed by atoms with E-state index in [1.807, 2.05) is 0 Å². The number of nitrogens with one attached hydrogen (secondary N) is 1. The first kappa shape index (κ1) is 11.0. The Morgan fingerprint density at radius 1 is 1.35 bits per heavy atom. The molecule has 2 rings (SSSR count). The molecule has 0 bridgehead atoms. The van der Waals surface area contributed by atoms with Crippen LogP contribution in [0, 0.1) is 17.0 Å². The maximum absolute atomic E-state index is 10.7. The highest BCUT2D eigenvalue weighted by Crippen LogP contribution is 2.26. The van der Waals surface area contributed by atoms with Crippen LogP contribution in [0.25, 0.3) is 11.1 Å². The van der Waals surface area contributed by atoms with Crippen LogP contribution in [-0.4, -0.2) is 21.4 Å². The second kappa shape index (κ2) is 4.17. The third kappa shape index (κ3) is 1.92. The van der Waals surface area contributed by atoms with E-state index in [9.17, 15) is 14.9 Å². The monoisotopic (exact) mass is 230 g/mol. The van der Waals surface area contributed by atoms with Crippen LogP contribution >= 0.6 is 0 Å². The van der Waals surface area contributed by atoms with E-state index >= 15 is 0 Å². The maximum atomic E-state index is 10.7. The molecule has 17 heavy (non-hydrogen) atoms. The zero-order chi connectivity index (χ0) is 12.4. The summed E-state index contributed by atoms with van der Waals surface area (Å²) < 4.78 is 0. The Kier molecular flexibility index (Phi) is 2.70. The van der Waals surface area contributed by atoms with Crippen LogP contribution < -0.4 is 0 Å². The number of aromatic nitrogens is 2. The minimum absolute atomic E-state index is 0.00605. The van der Waals surface area contributed by atoms with E-state index in [4.69, 9.17) is 0 Å². The van der Waals surface area contributed by atoms with Crippen LogP contribution in [0.3, 0.4) is 0 Å². The van der Waals surface area contributed by atoms with Crippen molar-refractivity contribution in [3.8, 4) is 11.1 Å². The molecule has 0 fully saturated rings. The topological polar surface area (TPSA) is 88.9 Å². The van der Waals surface area contributed by atoms with Crippen LogP contribution in [0.5, 0.6) is 0 Å². The SMILES string of the molecule is Cc1[nH]nc([C]=O)c1-c1ccc([N+](=O)[O-])cc1. The molecule has 0 atom stereocenters. The van der Waals surface area contributed by atoms with Crippen molar-refractivity contribution in [3.63, 3.8) is 0 Å². The first-order valence-corrected chi connectivity index (χ1v) is 4.81. The molecule has 0 saturated heterocycles. The summed E-state index contributed by atoms with van der Waals surface area (Å²) in [6, 6.07) is 5.93. The molecule has 0 spiro atoms. The van der Waals surface area contributed by atoms with E-state index in [2.05, 4.69) is 10.2 Å². The Balaban J connectivity index is 2.49. The largest absolute Gasteiger partial charge is 0.283 e. The summed E-state index contributed by atoms with van der Waals surface area (Å²) in [4.78, 5) is 20.7. The smallest absolute Gasteiger partial charge is 0.269 e. The average Bonchev–Trinajstić information content (AvgIpc) is 2.70. The number of carbonyl (C=O) groups excluding carboxylic acids is 1. The minimum Gasteiger partial charge on any atom is -0.283 e. The van der Waals surface area contributed by atoms with Gasteiger partial charge in [0.25, 0.3) is 12.0 Å². The first-order valence-electron chi connectivity index (χ1n) is 4.81. The summed E-state index contributed by atoms with van der Waals surface area (Å²) in [7, 11) is 0. The quantitative estimate of drug-likeness (QED) is 0.642. The molecule has 0 saturated carbocycles. The molecule has 1 N–H and O–H groups in total. The molecule has 2 aromatic rings. The highest BCUT2D eigenvalue weighted by molar-refractivity contribution is 5.86. The third-order valence-electron chi connectivity index (χ3n) is 2.41. The number of aryl methyl sites for hydroxylation is 1. The van der Waals surface area contributed by atoms with Gasteiger partial charge in [0.05, 0.1) is 4.92 Å². The fraction of sp³-hybridized carbons (Fsp3) is 0.0909. The third-order valence-corrected chi connectivity index (χ3v) is 2.41. The molecule has 1 aromatic carbocycles. The van der Waals surface area contributed by atoms with Crippen molar-refractivity contribution in [3.05, 3.63) is 45.8 Å². The summed E-state index contributed by atoms with van der Waals surface area (Å²) in [5.74, 6) is 0. The number of nitro groups is 1. The Morgan fingerprint density at radius 3 is 2.53 bits per heavy atom. The van der Waals surface area contributed by atoms with Crippen LogP contribution in [0.1, 0.15) is 11.4 Å². The van der Waals surface area contributed by atoms with E-state index < -0.39 is 4.92 Å². The predicted octanol–water partition coefficient (Wildman–Crippen LogP) is 1.75.